The lowest BCUT2D eigenvalue weighted by Gasteiger charge is -2.20. The van der Waals surface area contributed by atoms with Gasteiger partial charge in [-0.15, -0.1) is 0 Å². The van der Waals surface area contributed by atoms with Gasteiger partial charge in [-0.05, 0) is 43.0 Å². The van der Waals surface area contributed by atoms with E-state index in [0.717, 1.165) is 38.1 Å². The van der Waals surface area contributed by atoms with Crippen molar-refractivity contribution < 1.29 is 4.79 Å². The second-order valence-electron chi connectivity index (χ2n) is 8.29. The Morgan fingerprint density at radius 1 is 1.32 bits per heavy atom. The van der Waals surface area contributed by atoms with Crippen molar-refractivity contribution in [3.8, 4) is 0 Å². The first-order valence-electron chi connectivity index (χ1n) is 9.18. The summed E-state index contributed by atoms with van der Waals surface area (Å²) in [4.78, 5) is 19.1. The summed E-state index contributed by atoms with van der Waals surface area (Å²) in [6.45, 7) is 11.9. The number of pyridine rings is 1. The van der Waals surface area contributed by atoms with Crippen molar-refractivity contribution in [2.45, 2.75) is 40.7 Å². The molecule has 2 aromatic rings. The van der Waals surface area contributed by atoms with Gasteiger partial charge in [0.1, 0.15) is 0 Å². The smallest absolute Gasteiger partial charge is 0.225 e. The van der Waals surface area contributed by atoms with Gasteiger partial charge in [0, 0.05) is 36.6 Å². The molecule has 0 radical (unpaired) electrons. The number of nitrogens with zero attached hydrogens (tertiary/aromatic N) is 2. The van der Waals surface area contributed by atoms with E-state index in [4.69, 9.17) is 0 Å². The number of hydrogen-bond donors (Lipinski definition) is 1. The monoisotopic (exact) mass is 339 g/mol. The number of carbonyl (C=O) groups excluding carboxylic acids is 1. The van der Waals surface area contributed by atoms with Crippen LogP contribution in [0.2, 0.25) is 0 Å². The van der Waals surface area contributed by atoms with Gasteiger partial charge in [0.15, 0.2) is 0 Å². The molecule has 1 atom stereocenters. The van der Waals surface area contributed by atoms with Crippen LogP contribution in [0.15, 0.2) is 30.5 Å². The van der Waals surface area contributed by atoms with E-state index in [1.165, 1.54) is 16.5 Å². The number of aryl methyl sites for hydroxylation is 1. The van der Waals surface area contributed by atoms with Crippen LogP contribution in [-0.4, -0.2) is 35.4 Å². The Morgan fingerprint density at radius 2 is 2.12 bits per heavy atom. The van der Waals surface area contributed by atoms with Crippen molar-refractivity contribution in [3.05, 3.63) is 41.6 Å². The number of carbonyl (C=O) groups is 1. The van der Waals surface area contributed by atoms with Gasteiger partial charge < -0.3 is 5.32 Å². The predicted octanol–water partition coefficient (Wildman–Crippen LogP) is 3.53. The third kappa shape index (κ3) is 4.18. The highest BCUT2D eigenvalue weighted by atomic mass is 16.2. The van der Waals surface area contributed by atoms with E-state index in [-0.39, 0.29) is 11.3 Å². The molecule has 134 valence electrons. The molecule has 1 aliphatic heterocycles. The van der Waals surface area contributed by atoms with Gasteiger partial charge in [0.05, 0.1) is 5.52 Å². The molecule has 2 heterocycles. The molecule has 1 amide bonds. The van der Waals surface area contributed by atoms with Crippen LogP contribution in [0, 0.1) is 18.3 Å². The topological polar surface area (TPSA) is 45.2 Å². The fraction of sp³-hybridized carbons (Fsp3) is 0.524. The number of rotatable bonds is 4. The Balaban J connectivity index is 1.61. The molecule has 4 nitrogen and oxygen atoms in total. The van der Waals surface area contributed by atoms with Gasteiger partial charge >= 0.3 is 0 Å². The molecule has 1 unspecified atom stereocenters. The number of nitrogens with one attached hydrogen (secondary N) is 1. The molecule has 1 saturated heterocycles. The average molecular weight is 339 g/mol. The first-order valence-corrected chi connectivity index (χ1v) is 9.18. The van der Waals surface area contributed by atoms with Gasteiger partial charge in [-0.3, -0.25) is 14.7 Å². The fourth-order valence-corrected chi connectivity index (χ4v) is 3.48. The highest BCUT2D eigenvalue weighted by molar-refractivity contribution is 5.84. The highest BCUT2D eigenvalue weighted by Crippen LogP contribution is 2.24. The van der Waals surface area contributed by atoms with Gasteiger partial charge in [-0.1, -0.05) is 39.0 Å². The number of amides is 1. The lowest BCUT2D eigenvalue weighted by atomic mass is 9.95. The maximum Gasteiger partial charge on any atom is 0.225 e. The third-order valence-electron chi connectivity index (χ3n) is 5.06. The van der Waals surface area contributed by atoms with Crippen LogP contribution in [0.3, 0.4) is 0 Å². The highest BCUT2D eigenvalue weighted by Gasteiger charge is 2.26. The lowest BCUT2D eigenvalue weighted by molar-refractivity contribution is -0.128. The number of benzene rings is 1. The van der Waals surface area contributed by atoms with Crippen molar-refractivity contribution in [1.82, 2.24) is 15.2 Å². The van der Waals surface area contributed by atoms with Crippen LogP contribution >= 0.6 is 0 Å². The molecule has 1 fully saturated rings. The molecule has 0 aliphatic carbocycles. The van der Waals surface area contributed by atoms with Gasteiger partial charge in [0.25, 0.3) is 0 Å². The van der Waals surface area contributed by atoms with Crippen LogP contribution < -0.4 is 5.32 Å². The predicted molar refractivity (Wildman–Crippen MR) is 102 cm³/mol. The van der Waals surface area contributed by atoms with E-state index in [1.54, 1.807) is 0 Å². The van der Waals surface area contributed by atoms with Crippen molar-refractivity contribution in [2.75, 3.05) is 19.6 Å². The van der Waals surface area contributed by atoms with Gasteiger partial charge in [-0.25, -0.2) is 0 Å². The molecule has 1 N–H and O–H groups in total. The summed E-state index contributed by atoms with van der Waals surface area (Å²) >= 11 is 0. The summed E-state index contributed by atoms with van der Waals surface area (Å²) in [5.41, 5.74) is 3.36. The standard InChI is InChI=1S/C21H29N3O/c1-15-7-8-17(18-6-5-10-22-19(15)18)14-24-11-9-16(13-24)12-23-20(25)21(2,3)4/h5-8,10,16H,9,11-14H2,1-4H3,(H,23,25). The third-order valence-corrected chi connectivity index (χ3v) is 5.06. The molecule has 0 saturated carbocycles. The minimum atomic E-state index is -0.313. The minimum absolute atomic E-state index is 0.140. The molecule has 3 rings (SSSR count). The van der Waals surface area contributed by atoms with E-state index >= 15 is 0 Å². The molecule has 25 heavy (non-hydrogen) atoms. The van der Waals surface area contributed by atoms with Crippen LogP contribution in [0.5, 0.6) is 0 Å². The first kappa shape index (κ1) is 17.9. The van der Waals surface area contributed by atoms with Crippen LogP contribution in [-0.2, 0) is 11.3 Å². The number of likely N-dealkylation sites (tertiary alicyclic amines) is 1. The Kier molecular flexibility index (Phi) is 5.09. The number of hydrogen-bond acceptors (Lipinski definition) is 3. The van der Waals surface area contributed by atoms with E-state index < -0.39 is 0 Å². The molecule has 0 spiro atoms. The maximum atomic E-state index is 12.0. The molecular formula is C21H29N3O. The van der Waals surface area contributed by atoms with E-state index in [0.29, 0.717) is 5.92 Å². The first-order chi connectivity index (χ1) is 11.8. The Labute approximate surface area is 150 Å². The normalized spacial score (nSPS) is 18.6. The zero-order chi connectivity index (χ0) is 18.0. The summed E-state index contributed by atoms with van der Waals surface area (Å²) in [6, 6.07) is 8.58. The van der Waals surface area contributed by atoms with Crippen LogP contribution in [0.1, 0.15) is 38.3 Å². The molecule has 4 heteroatoms. The minimum Gasteiger partial charge on any atom is -0.355 e. The van der Waals surface area contributed by atoms with E-state index in [2.05, 4.69) is 40.3 Å². The lowest BCUT2D eigenvalue weighted by Crippen LogP contribution is -2.38. The number of fused-ring (bicyclic) bond motifs is 1. The largest absolute Gasteiger partial charge is 0.355 e. The van der Waals surface area contributed by atoms with Crippen molar-refractivity contribution >= 4 is 16.8 Å². The molecule has 1 aliphatic rings. The molecule has 1 aromatic carbocycles. The summed E-state index contributed by atoms with van der Waals surface area (Å²) in [6.07, 6.45) is 3.01. The zero-order valence-electron chi connectivity index (χ0n) is 15.8. The molecule has 0 bridgehead atoms. The Bertz CT molecular complexity index is 763. The van der Waals surface area contributed by atoms with E-state index in [9.17, 15) is 4.79 Å². The Hall–Kier alpha value is -1.94. The Morgan fingerprint density at radius 3 is 2.88 bits per heavy atom. The zero-order valence-corrected chi connectivity index (χ0v) is 15.8. The summed E-state index contributed by atoms with van der Waals surface area (Å²) < 4.78 is 0. The number of aromatic nitrogens is 1. The summed E-state index contributed by atoms with van der Waals surface area (Å²) in [7, 11) is 0. The second-order valence-corrected chi connectivity index (χ2v) is 8.29. The van der Waals surface area contributed by atoms with Crippen LogP contribution in [0.4, 0.5) is 0 Å². The average Bonchev–Trinajstić information content (AvgIpc) is 3.02. The van der Waals surface area contributed by atoms with Gasteiger partial charge in [-0.2, -0.15) is 0 Å². The van der Waals surface area contributed by atoms with Crippen molar-refractivity contribution in [1.29, 1.82) is 0 Å². The van der Waals surface area contributed by atoms with Crippen LogP contribution in [0.25, 0.3) is 10.9 Å². The summed E-state index contributed by atoms with van der Waals surface area (Å²) in [5, 5.41) is 4.37. The molecule has 1 aromatic heterocycles. The van der Waals surface area contributed by atoms with Gasteiger partial charge in [0.2, 0.25) is 5.91 Å². The maximum absolute atomic E-state index is 12.0. The quantitative estimate of drug-likeness (QED) is 0.927. The second kappa shape index (κ2) is 7.12. The SMILES string of the molecule is Cc1ccc(CN2CCC(CNC(=O)C(C)(C)C)C2)c2cccnc12. The molecular weight excluding hydrogens is 310 g/mol. The van der Waals surface area contributed by atoms with Crippen molar-refractivity contribution in [2.24, 2.45) is 11.3 Å². The van der Waals surface area contributed by atoms with Crippen molar-refractivity contribution in [3.63, 3.8) is 0 Å². The van der Waals surface area contributed by atoms with E-state index in [1.807, 2.05) is 33.0 Å². The summed E-state index contributed by atoms with van der Waals surface area (Å²) in [5.74, 6) is 0.683. The fourth-order valence-electron chi connectivity index (χ4n) is 3.48.